The number of rotatable bonds is 0. The zero-order chi connectivity index (χ0) is 7.14. The third-order valence-electron chi connectivity index (χ3n) is 2.35. The van der Waals surface area contributed by atoms with Crippen molar-refractivity contribution in [3.05, 3.63) is 0 Å². The molecule has 10 heavy (non-hydrogen) atoms. The lowest BCUT2D eigenvalue weighted by atomic mass is 10.0. The topological polar surface area (TPSA) is 38.7 Å². The van der Waals surface area contributed by atoms with Crippen LogP contribution in [-0.2, 0) is 9.47 Å². The molecule has 2 aliphatic rings. The minimum Gasteiger partial charge on any atom is -0.390 e. The third kappa shape index (κ3) is 0.779. The van der Waals surface area contributed by atoms with Crippen LogP contribution in [0.15, 0.2) is 0 Å². The molecule has 0 radical (unpaired) electrons. The lowest BCUT2D eigenvalue weighted by molar-refractivity contribution is -0.114. The molecule has 4 atom stereocenters. The van der Waals surface area contributed by atoms with E-state index < -0.39 is 0 Å². The van der Waals surface area contributed by atoms with E-state index in [1.54, 1.807) is 0 Å². The van der Waals surface area contributed by atoms with Crippen LogP contribution in [0.4, 0.5) is 0 Å². The van der Waals surface area contributed by atoms with Gasteiger partial charge in [-0.05, 0) is 13.3 Å². The number of aliphatic hydroxyl groups excluding tert-OH is 1. The van der Waals surface area contributed by atoms with Crippen LogP contribution >= 0.6 is 0 Å². The molecule has 0 bridgehead atoms. The minimum absolute atomic E-state index is 0.0460. The lowest BCUT2D eigenvalue weighted by Gasteiger charge is -2.09. The Bertz CT molecular complexity index is 135. The van der Waals surface area contributed by atoms with Gasteiger partial charge in [0.05, 0.1) is 18.8 Å². The second kappa shape index (κ2) is 2.19. The summed E-state index contributed by atoms with van der Waals surface area (Å²) in [5.41, 5.74) is 0. The van der Waals surface area contributed by atoms with Crippen molar-refractivity contribution in [1.82, 2.24) is 0 Å². The van der Waals surface area contributed by atoms with Crippen molar-refractivity contribution in [2.45, 2.75) is 31.8 Å². The van der Waals surface area contributed by atoms with E-state index in [4.69, 9.17) is 9.47 Å². The quantitative estimate of drug-likeness (QED) is 0.525. The molecular weight excluding hydrogens is 132 g/mol. The number of hydrogen-bond donors (Lipinski definition) is 1. The molecule has 0 aromatic rings. The van der Waals surface area contributed by atoms with Gasteiger partial charge >= 0.3 is 0 Å². The van der Waals surface area contributed by atoms with E-state index in [2.05, 4.69) is 0 Å². The summed E-state index contributed by atoms with van der Waals surface area (Å²) in [4.78, 5) is 0. The van der Waals surface area contributed by atoms with Gasteiger partial charge in [0.15, 0.2) is 6.29 Å². The maximum absolute atomic E-state index is 9.46. The highest BCUT2D eigenvalue weighted by Gasteiger charge is 2.44. The van der Waals surface area contributed by atoms with Crippen molar-refractivity contribution >= 4 is 0 Å². The van der Waals surface area contributed by atoms with Gasteiger partial charge in [0, 0.05) is 5.92 Å². The number of ether oxygens (including phenoxy) is 2. The molecule has 0 aromatic heterocycles. The summed E-state index contributed by atoms with van der Waals surface area (Å²) in [7, 11) is 0. The van der Waals surface area contributed by atoms with Gasteiger partial charge in [-0.2, -0.15) is 0 Å². The molecule has 2 fully saturated rings. The van der Waals surface area contributed by atoms with E-state index in [0.717, 1.165) is 13.0 Å². The van der Waals surface area contributed by atoms with Crippen molar-refractivity contribution in [2.75, 3.05) is 6.61 Å². The maximum Gasteiger partial charge on any atom is 0.163 e. The highest BCUT2D eigenvalue weighted by molar-refractivity contribution is 4.87. The predicted molar refractivity (Wildman–Crippen MR) is 34.4 cm³/mol. The molecule has 0 amide bonds. The molecule has 0 saturated carbocycles. The second-order valence-electron chi connectivity index (χ2n) is 3.02. The molecule has 3 nitrogen and oxygen atoms in total. The van der Waals surface area contributed by atoms with Gasteiger partial charge in [-0.1, -0.05) is 0 Å². The fraction of sp³-hybridized carbons (Fsp3) is 1.00. The summed E-state index contributed by atoms with van der Waals surface area (Å²) in [6, 6.07) is 0. The van der Waals surface area contributed by atoms with Gasteiger partial charge < -0.3 is 14.6 Å². The molecule has 0 aromatic carbocycles. The molecule has 58 valence electrons. The average molecular weight is 144 g/mol. The summed E-state index contributed by atoms with van der Waals surface area (Å²) in [6.07, 6.45) is 0.462. The van der Waals surface area contributed by atoms with Gasteiger partial charge in [0.25, 0.3) is 0 Å². The van der Waals surface area contributed by atoms with Gasteiger partial charge in [-0.15, -0.1) is 0 Å². The Kier molecular flexibility index (Phi) is 1.44. The molecule has 0 unspecified atom stereocenters. The van der Waals surface area contributed by atoms with E-state index in [-0.39, 0.29) is 24.4 Å². The van der Waals surface area contributed by atoms with E-state index in [9.17, 15) is 5.11 Å². The van der Waals surface area contributed by atoms with E-state index in [1.807, 2.05) is 6.92 Å². The van der Waals surface area contributed by atoms with Crippen molar-refractivity contribution in [3.8, 4) is 0 Å². The summed E-state index contributed by atoms with van der Waals surface area (Å²) in [6.45, 7) is 2.62. The first kappa shape index (κ1) is 6.58. The van der Waals surface area contributed by atoms with Crippen LogP contribution in [0.3, 0.4) is 0 Å². The first-order valence-corrected chi connectivity index (χ1v) is 3.74. The average Bonchev–Trinajstić information content (AvgIpc) is 2.41. The minimum atomic E-state index is -0.313. The Morgan fingerprint density at radius 3 is 3.00 bits per heavy atom. The molecule has 2 saturated heterocycles. The Morgan fingerprint density at radius 2 is 2.30 bits per heavy atom. The highest BCUT2D eigenvalue weighted by Crippen LogP contribution is 2.34. The van der Waals surface area contributed by atoms with Gasteiger partial charge in [-0.25, -0.2) is 0 Å². The Labute approximate surface area is 59.9 Å². The van der Waals surface area contributed by atoms with Crippen molar-refractivity contribution in [1.29, 1.82) is 0 Å². The van der Waals surface area contributed by atoms with Crippen molar-refractivity contribution in [2.24, 2.45) is 5.92 Å². The molecule has 0 spiro atoms. The van der Waals surface area contributed by atoms with Gasteiger partial charge in [0.2, 0.25) is 0 Å². The number of aliphatic hydroxyl groups is 1. The predicted octanol–water partition coefficient (Wildman–Crippen LogP) is 0.129. The largest absolute Gasteiger partial charge is 0.390 e. The Balaban J connectivity index is 2.09. The Hall–Kier alpha value is -0.120. The van der Waals surface area contributed by atoms with E-state index in [0.29, 0.717) is 0 Å². The number of hydrogen-bond acceptors (Lipinski definition) is 3. The van der Waals surface area contributed by atoms with Gasteiger partial charge in [-0.3, -0.25) is 0 Å². The number of fused-ring (bicyclic) bond motifs is 1. The summed E-state index contributed by atoms with van der Waals surface area (Å²) in [5.74, 6) is 0.231. The van der Waals surface area contributed by atoms with E-state index in [1.165, 1.54) is 0 Å². The van der Waals surface area contributed by atoms with Crippen LogP contribution in [0.25, 0.3) is 0 Å². The zero-order valence-corrected chi connectivity index (χ0v) is 5.99. The standard InChI is InChI=1S/C7H12O3/c1-4-6(8)5-2-3-9-7(5)10-4/h4-8H,2-3H2,1H3/t4-,5-,6+,7+/m0/s1. The summed E-state index contributed by atoms with van der Waals surface area (Å²) >= 11 is 0. The monoisotopic (exact) mass is 144 g/mol. The molecule has 2 heterocycles. The van der Waals surface area contributed by atoms with Crippen LogP contribution in [0.5, 0.6) is 0 Å². The fourth-order valence-electron chi connectivity index (χ4n) is 1.69. The normalized spacial score (nSPS) is 53.4. The first-order valence-electron chi connectivity index (χ1n) is 3.74. The second-order valence-corrected chi connectivity index (χ2v) is 3.02. The van der Waals surface area contributed by atoms with Crippen LogP contribution < -0.4 is 0 Å². The van der Waals surface area contributed by atoms with Crippen molar-refractivity contribution in [3.63, 3.8) is 0 Å². The Morgan fingerprint density at radius 1 is 1.50 bits per heavy atom. The smallest absolute Gasteiger partial charge is 0.163 e. The molecule has 2 rings (SSSR count). The highest BCUT2D eigenvalue weighted by atomic mass is 16.7. The molecular formula is C7H12O3. The van der Waals surface area contributed by atoms with Crippen LogP contribution in [0, 0.1) is 5.92 Å². The van der Waals surface area contributed by atoms with Crippen LogP contribution in [0.1, 0.15) is 13.3 Å². The van der Waals surface area contributed by atoms with Gasteiger partial charge in [0.1, 0.15) is 0 Å². The first-order chi connectivity index (χ1) is 4.79. The molecule has 0 aliphatic carbocycles. The summed E-state index contributed by atoms with van der Waals surface area (Å²) < 4.78 is 10.6. The third-order valence-corrected chi connectivity index (χ3v) is 2.35. The fourth-order valence-corrected chi connectivity index (χ4v) is 1.69. The van der Waals surface area contributed by atoms with E-state index >= 15 is 0 Å². The zero-order valence-electron chi connectivity index (χ0n) is 5.99. The molecule has 2 aliphatic heterocycles. The van der Waals surface area contributed by atoms with Crippen LogP contribution in [-0.4, -0.2) is 30.2 Å². The molecule has 1 N–H and O–H groups in total. The SMILES string of the molecule is C[C@@H]1O[C@H]2OCC[C@H]2[C@@H]1O. The maximum atomic E-state index is 9.46. The van der Waals surface area contributed by atoms with Crippen molar-refractivity contribution < 1.29 is 14.6 Å². The van der Waals surface area contributed by atoms with Crippen LogP contribution in [0.2, 0.25) is 0 Å². The summed E-state index contributed by atoms with van der Waals surface area (Å²) in [5, 5.41) is 9.46. The lowest BCUT2D eigenvalue weighted by Crippen LogP contribution is -2.23. The molecule has 3 heteroatoms.